The van der Waals surface area contributed by atoms with Crippen molar-refractivity contribution in [2.45, 2.75) is 6.54 Å². The molecule has 31 heavy (non-hydrogen) atoms. The zero-order valence-electron chi connectivity index (χ0n) is 16.9. The van der Waals surface area contributed by atoms with E-state index < -0.39 is 0 Å². The van der Waals surface area contributed by atoms with Gasteiger partial charge in [-0.15, -0.1) is 5.10 Å². The van der Waals surface area contributed by atoms with Gasteiger partial charge >= 0.3 is 0 Å². The molecule has 0 radical (unpaired) electrons. The minimum Gasteiger partial charge on any atom is -0.497 e. The number of nitrogens with one attached hydrogen (secondary N) is 4. The Morgan fingerprint density at radius 1 is 0.968 bits per heavy atom. The Morgan fingerprint density at radius 3 is 2.84 bits per heavy atom. The van der Waals surface area contributed by atoms with Crippen LogP contribution in [0.2, 0.25) is 0 Å². The minimum atomic E-state index is 0.489. The fraction of sp³-hybridized carbons (Fsp3) is 0.0870. The second kappa shape index (κ2) is 8.19. The Labute approximate surface area is 178 Å². The average molecular weight is 411 g/mol. The molecule has 2 aromatic heterocycles. The molecule has 4 N–H and O–H groups in total. The van der Waals surface area contributed by atoms with Crippen molar-refractivity contribution < 1.29 is 4.74 Å². The van der Waals surface area contributed by atoms with Crippen LogP contribution in [0.4, 0.5) is 17.3 Å². The number of hydrogen-bond donors (Lipinski definition) is 4. The molecule has 8 nitrogen and oxygen atoms in total. The molecule has 0 unspecified atom stereocenters. The van der Waals surface area contributed by atoms with Gasteiger partial charge in [0.2, 0.25) is 5.95 Å². The number of hydrogen-bond acceptors (Lipinski definition) is 6. The van der Waals surface area contributed by atoms with E-state index in [0.29, 0.717) is 18.3 Å². The van der Waals surface area contributed by atoms with E-state index in [1.54, 1.807) is 7.11 Å². The molecule has 5 aromatic rings. The number of para-hydroxylation sites is 1. The van der Waals surface area contributed by atoms with Crippen LogP contribution in [0.3, 0.4) is 0 Å². The molecule has 0 saturated carbocycles. The third-order valence-corrected chi connectivity index (χ3v) is 4.98. The van der Waals surface area contributed by atoms with Crippen molar-refractivity contribution in [1.82, 2.24) is 25.4 Å². The van der Waals surface area contributed by atoms with Crippen LogP contribution in [0.5, 0.6) is 5.75 Å². The summed E-state index contributed by atoms with van der Waals surface area (Å²) < 4.78 is 5.26. The zero-order chi connectivity index (χ0) is 21.0. The summed E-state index contributed by atoms with van der Waals surface area (Å²) in [4.78, 5) is 4.61. The quantitative estimate of drug-likeness (QED) is 0.309. The van der Waals surface area contributed by atoms with Crippen LogP contribution in [0.15, 0.2) is 72.9 Å². The fourth-order valence-electron chi connectivity index (χ4n) is 3.41. The van der Waals surface area contributed by atoms with E-state index in [-0.39, 0.29) is 0 Å². The number of rotatable bonds is 7. The van der Waals surface area contributed by atoms with Crippen LogP contribution in [0, 0.1) is 0 Å². The summed E-state index contributed by atoms with van der Waals surface area (Å²) in [5.41, 5.74) is 4.96. The molecule has 0 amide bonds. The molecule has 0 aliphatic rings. The summed E-state index contributed by atoms with van der Waals surface area (Å²) in [6.45, 7) is 0.682. The predicted molar refractivity (Wildman–Crippen MR) is 122 cm³/mol. The van der Waals surface area contributed by atoms with E-state index >= 15 is 0 Å². The molecule has 8 heteroatoms. The van der Waals surface area contributed by atoms with Gasteiger partial charge in [-0.2, -0.15) is 10.1 Å². The molecule has 5 rings (SSSR count). The molecule has 0 atom stereocenters. The van der Waals surface area contributed by atoms with Crippen molar-refractivity contribution in [3.63, 3.8) is 0 Å². The minimum absolute atomic E-state index is 0.489. The van der Waals surface area contributed by atoms with E-state index in [1.807, 2.05) is 60.8 Å². The maximum absolute atomic E-state index is 5.26. The zero-order valence-corrected chi connectivity index (χ0v) is 16.9. The van der Waals surface area contributed by atoms with Gasteiger partial charge in [0.05, 0.1) is 18.8 Å². The van der Waals surface area contributed by atoms with Gasteiger partial charge in [0.15, 0.2) is 5.82 Å². The molecule has 154 valence electrons. The van der Waals surface area contributed by atoms with E-state index in [9.17, 15) is 0 Å². The van der Waals surface area contributed by atoms with E-state index in [4.69, 9.17) is 4.74 Å². The Bertz CT molecular complexity index is 1320. The summed E-state index contributed by atoms with van der Waals surface area (Å²) >= 11 is 0. The Kier molecular flexibility index (Phi) is 4.94. The van der Waals surface area contributed by atoms with Crippen LogP contribution >= 0.6 is 0 Å². The third kappa shape index (κ3) is 4.04. The first-order valence-electron chi connectivity index (χ1n) is 9.87. The fourth-order valence-corrected chi connectivity index (χ4v) is 3.41. The van der Waals surface area contributed by atoms with Crippen molar-refractivity contribution in [3.8, 4) is 17.1 Å². The number of fused-ring (bicyclic) bond motifs is 1. The lowest BCUT2D eigenvalue weighted by molar-refractivity contribution is 0.415. The Balaban J connectivity index is 1.34. The summed E-state index contributed by atoms with van der Waals surface area (Å²) in [7, 11) is 1.64. The number of benzene rings is 3. The van der Waals surface area contributed by atoms with Crippen LogP contribution in [0.1, 0.15) is 5.56 Å². The smallest absolute Gasteiger partial charge is 0.246 e. The standard InChI is InChI=1S/C23H21N7O/c1-31-18-6-4-5-17(12-18)26-23-27-22(29-30-23)19-7-2-3-8-21(19)24-13-15-9-10-20-16(11-15)14-25-28-20/h2-12,14,24H,13H2,1H3,(H,25,28)(H2,26,27,29,30). The van der Waals surface area contributed by atoms with E-state index in [0.717, 1.165) is 33.6 Å². The second-order valence-electron chi connectivity index (χ2n) is 7.06. The Morgan fingerprint density at radius 2 is 1.90 bits per heavy atom. The molecule has 2 heterocycles. The molecule has 3 aromatic carbocycles. The van der Waals surface area contributed by atoms with Crippen LogP contribution < -0.4 is 15.4 Å². The van der Waals surface area contributed by atoms with Gasteiger partial charge in [-0.3, -0.25) is 10.2 Å². The van der Waals surface area contributed by atoms with Gasteiger partial charge in [-0.1, -0.05) is 24.3 Å². The Hall–Kier alpha value is -4.33. The molecular formula is C23H21N7O. The van der Waals surface area contributed by atoms with Crippen molar-refractivity contribution >= 4 is 28.2 Å². The lowest BCUT2D eigenvalue weighted by Crippen LogP contribution is -2.01. The molecule has 0 spiro atoms. The van der Waals surface area contributed by atoms with Crippen LogP contribution in [-0.2, 0) is 6.54 Å². The summed E-state index contributed by atoms with van der Waals surface area (Å²) in [6.07, 6.45) is 1.83. The number of ether oxygens (including phenoxy) is 1. The number of anilines is 3. The summed E-state index contributed by atoms with van der Waals surface area (Å²) in [5.74, 6) is 1.94. The highest BCUT2D eigenvalue weighted by molar-refractivity contribution is 5.79. The van der Waals surface area contributed by atoms with Gasteiger partial charge in [-0.05, 0) is 42.0 Å². The van der Waals surface area contributed by atoms with Crippen molar-refractivity contribution in [3.05, 3.63) is 78.5 Å². The average Bonchev–Trinajstić information content (AvgIpc) is 3.47. The van der Waals surface area contributed by atoms with Gasteiger partial charge in [0, 0.05) is 34.9 Å². The van der Waals surface area contributed by atoms with E-state index in [1.165, 1.54) is 5.56 Å². The van der Waals surface area contributed by atoms with E-state index in [2.05, 4.69) is 48.1 Å². The molecule has 0 bridgehead atoms. The SMILES string of the molecule is COc1cccc(Nc2n[nH]c(-c3ccccc3NCc3ccc4[nH]ncc4c3)n2)c1. The number of nitrogens with zero attached hydrogens (tertiary/aromatic N) is 3. The highest BCUT2D eigenvalue weighted by atomic mass is 16.5. The van der Waals surface area contributed by atoms with Gasteiger partial charge in [0.1, 0.15) is 5.75 Å². The molecule has 0 saturated heterocycles. The van der Waals surface area contributed by atoms with Crippen molar-refractivity contribution in [2.24, 2.45) is 0 Å². The number of aromatic nitrogens is 5. The lowest BCUT2D eigenvalue weighted by atomic mass is 10.1. The largest absolute Gasteiger partial charge is 0.497 e. The highest BCUT2D eigenvalue weighted by Crippen LogP contribution is 2.27. The first kappa shape index (κ1) is 18.7. The maximum Gasteiger partial charge on any atom is 0.246 e. The predicted octanol–water partition coefficient (Wildman–Crippen LogP) is 4.71. The molecular weight excluding hydrogens is 390 g/mol. The summed E-state index contributed by atoms with van der Waals surface area (Å²) in [6, 6.07) is 21.9. The molecule has 0 aliphatic carbocycles. The van der Waals surface area contributed by atoms with Gasteiger partial charge < -0.3 is 15.4 Å². The topological polar surface area (TPSA) is 104 Å². The van der Waals surface area contributed by atoms with Gasteiger partial charge in [-0.25, -0.2) is 0 Å². The number of methoxy groups -OCH3 is 1. The van der Waals surface area contributed by atoms with Crippen LogP contribution in [-0.4, -0.2) is 32.5 Å². The summed E-state index contributed by atoms with van der Waals surface area (Å²) in [5, 5.41) is 22.2. The maximum atomic E-state index is 5.26. The monoisotopic (exact) mass is 411 g/mol. The number of H-pyrrole nitrogens is 2. The van der Waals surface area contributed by atoms with Crippen LogP contribution in [0.25, 0.3) is 22.3 Å². The normalized spacial score (nSPS) is 10.9. The highest BCUT2D eigenvalue weighted by Gasteiger charge is 2.11. The lowest BCUT2D eigenvalue weighted by Gasteiger charge is -2.10. The second-order valence-corrected chi connectivity index (χ2v) is 7.06. The molecule has 0 aliphatic heterocycles. The third-order valence-electron chi connectivity index (χ3n) is 4.98. The van der Waals surface area contributed by atoms with Gasteiger partial charge in [0.25, 0.3) is 0 Å². The number of aromatic amines is 2. The first-order valence-corrected chi connectivity index (χ1v) is 9.87. The molecule has 0 fully saturated rings. The van der Waals surface area contributed by atoms with Crippen molar-refractivity contribution in [2.75, 3.05) is 17.7 Å². The van der Waals surface area contributed by atoms with Crippen molar-refractivity contribution in [1.29, 1.82) is 0 Å². The first-order chi connectivity index (χ1) is 15.3.